The molecule has 1 fully saturated rings. The summed E-state index contributed by atoms with van der Waals surface area (Å²) >= 11 is 3.54. The third kappa shape index (κ3) is 3.21. The van der Waals surface area contributed by atoms with E-state index in [1.165, 1.54) is 12.8 Å². The van der Waals surface area contributed by atoms with Crippen LogP contribution < -0.4 is 0 Å². The second kappa shape index (κ2) is 4.95. The molecule has 0 aliphatic carbocycles. The molecule has 1 aliphatic rings. The molecule has 0 bridgehead atoms. The molecule has 0 aromatic carbocycles. The Morgan fingerprint density at radius 3 is 2.21 bits per heavy atom. The van der Waals surface area contributed by atoms with E-state index in [-0.39, 0.29) is 6.61 Å². The average molecular weight is 264 g/mol. The van der Waals surface area contributed by atoms with Crippen LogP contribution >= 0.6 is 15.9 Å². The van der Waals surface area contributed by atoms with Crippen LogP contribution in [0.15, 0.2) is 0 Å². The van der Waals surface area contributed by atoms with Gasteiger partial charge in [-0.1, -0.05) is 15.9 Å². The van der Waals surface area contributed by atoms with Gasteiger partial charge in [-0.15, -0.1) is 0 Å². The first-order valence-electron chi connectivity index (χ1n) is 5.45. The molecule has 0 spiro atoms. The highest BCUT2D eigenvalue weighted by atomic mass is 79.9. The van der Waals surface area contributed by atoms with E-state index in [2.05, 4.69) is 41.6 Å². The maximum atomic E-state index is 9.05. The molecule has 1 aliphatic heterocycles. The summed E-state index contributed by atoms with van der Waals surface area (Å²) in [5.41, 5.74) is 0.298. The van der Waals surface area contributed by atoms with Crippen molar-refractivity contribution in [2.75, 3.05) is 19.7 Å². The van der Waals surface area contributed by atoms with Gasteiger partial charge in [0, 0.05) is 10.4 Å². The highest BCUT2D eigenvalue weighted by Gasteiger charge is 2.29. The Morgan fingerprint density at radius 1 is 1.36 bits per heavy atom. The molecule has 0 radical (unpaired) electrons. The van der Waals surface area contributed by atoms with Crippen LogP contribution in [0.2, 0.25) is 0 Å². The van der Waals surface area contributed by atoms with E-state index in [4.69, 9.17) is 5.11 Å². The zero-order chi connectivity index (χ0) is 10.8. The van der Waals surface area contributed by atoms with Crippen LogP contribution in [0.1, 0.15) is 33.6 Å². The van der Waals surface area contributed by atoms with E-state index in [1.54, 1.807) is 0 Å². The number of nitrogens with zero attached hydrogens (tertiary/aromatic N) is 1. The van der Waals surface area contributed by atoms with Gasteiger partial charge in [-0.2, -0.15) is 0 Å². The number of aliphatic hydroxyl groups excluding tert-OH is 1. The Bertz CT molecular complexity index is 171. The second-order valence-electron chi connectivity index (χ2n) is 5.19. The summed E-state index contributed by atoms with van der Waals surface area (Å²) in [5.74, 6) is 0.651. The summed E-state index contributed by atoms with van der Waals surface area (Å²) in [4.78, 5) is 2.82. The van der Waals surface area contributed by atoms with Crippen LogP contribution in [-0.4, -0.2) is 40.1 Å². The number of hydrogen-bond donors (Lipinski definition) is 1. The van der Waals surface area contributed by atoms with Crippen molar-refractivity contribution in [3.05, 3.63) is 0 Å². The van der Waals surface area contributed by atoms with Gasteiger partial charge in [0.05, 0.1) is 6.61 Å². The summed E-state index contributed by atoms with van der Waals surface area (Å²) in [7, 11) is 0. The molecule has 0 aromatic heterocycles. The monoisotopic (exact) mass is 263 g/mol. The van der Waals surface area contributed by atoms with E-state index in [1.807, 2.05) is 0 Å². The van der Waals surface area contributed by atoms with Crippen molar-refractivity contribution in [3.8, 4) is 0 Å². The molecule has 1 rings (SSSR count). The summed E-state index contributed by atoms with van der Waals surface area (Å²) in [6, 6.07) is 0. The molecule has 1 N–H and O–H groups in total. The molecule has 14 heavy (non-hydrogen) atoms. The Balaban J connectivity index is 2.39. The maximum absolute atomic E-state index is 9.05. The molecule has 0 aromatic rings. The van der Waals surface area contributed by atoms with E-state index in [0.29, 0.717) is 16.3 Å². The van der Waals surface area contributed by atoms with Crippen molar-refractivity contribution in [1.29, 1.82) is 0 Å². The van der Waals surface area contributed by atoms with Crippen LogP contribution in [0.25, 0.3) is 0 Å². The van der Waals surface area contributed by atoms with E-state index >= 15 is 0 Å². The lowest BCUT2D eigenvalue weighted by Crippen LogP contribution is -2.47. The highest BCUT2D eigenvalue weighted by molar-refractivity contribution is 9.09. The van der Waals surface area contributed by atoms with Gasteiger partial charge >= 0.3 is 0 Å². The first-order valence-corrected chi connectivity index (χ1v) is 6.36. The number of rotatable bonds is 2. The van der Waals surface area contributed by atoms with Gasteiger partial charge in [-0.3, -0.25) is 4.90 Å². The molecular formula is C11H22BrNO. The van der Waals surface area contributed by atoms with Crippen LogP contribution in [0.5, 0.6) is 0 Å². The Hall–Kier alpha value is 0.400. The van der Waals surface area contributed by atoms with Crippen LogP contribution in [0, 0.1) is 5.92 Å². The summed E-state index contributed by atoms with van der Waals surface area (Å²) in [6.07, 6.45) is 2.40. The van der Waals surface area contributed by atoms with Gasteiger partial charge in [0.15, 0.2) is 0 Å². The third-order valence-corrected chi connectivity index (χ3v) is 4.21. The maximum Gasteiger partial charge on any atom is 0.0559 e. The van der Waals surface area contributed by atoms with Crippen molar-refractivity contribution in [2.24, 2.45) is 5.92 Å². The topological polar surface area (TPSA) is 23.5 Å². The van der Waals surface area contributed by atoms with Crippen molar-refractivity contribution in [1.82, 2.24) is 4.90 Å². The fourth-order valence-electron chi connectivity index (χ4n) is 2.08. The van der Waals surface area contributed by atoms with Crippen LogP contribution in [0.3, 0.4) is 0 Å². The zero-order valence-corrected chi connectivity index (χ0v) is 11.0. The Labute approximate surface area is 95.8 Å². The van der Waals surface area contributed by atoms with Crippen molar-refractivity contribution in [3.63, 3.8) is 0 Å². The summed E-state index contributed by atoms with van der Waals surface area (Å²) < 4.78 is 0. The number of piperidine rings is 1. The lowest BCUT2D eigenvalue weighted by molar-refractivity contribution is 0.0825. The SMILES string of the molecule is CC(C)(C)N1CCC(C(Br)CO)CC1. The molecular weight excluding hydrogens is 242 g/mol. The van der Waals surface area contributed by atoms with Crippen LogP contribution in [0.4, 0.5) is 0 Å². The highest BCUT2D eigenvalue weighted by Crippen LogP contribution is 2.28. The van der Waals surface area contributed by atoms with Gasteiger partial charge < -0.3 is 5.11 Å². The minimum atomic E-state index is 0.264. The number of likely N-dealkylation sites (tertiary alicyclic amines) is 1. The number of aliphatic hydroxyl groups is 1. The Morgan fingerprint density at radius 2 is 1.86 bits per heavy atom. The Kier molecular flexibility index (Phi) is 4.41. The molecule has 84 valence electrons. The van der Waals surface area contributed by atoms with Crippen molar-refractivity contribution >= 4 is 15.9 Å². The lowest BCUT2D eigenvalue weighted by atomic mass is 9.91. The molecule has 1 heterocycles. The molecule has 3 heteroatoms. The minimum absolute atomic E-state index is 0.264. The largest absolute Gasteiger partial charge is 0.395 e. The predicted molar refractivity (Wildman–Crippen MR) is 63.9 cm³/mol. The first kappa shape index (κ1) is 12.5. The zero-order valence-electron chi connectivity index (χ0n) is 9.46. The smallest absolute Gasteiger partial charge is 0.0559 e. The summed E-state index contributed by atoms with van der Waals surface area (Å²) in [6.45, 7) is 9.40. The van der Waals surface area contributed by atoms with Crippen molar-refractivity contribution in [2.45, 2.75) is 44.0 Å². The minimum Gasteiger partial charge on any atom is -0.395 e. The lowest BCUT2D eigenvalue weighted by Gasteiger charge is -2.41. The van der Waals surface area contributed by atoms with Gasteiger partial charge in [-0.25, -0.2) is 0 Å². The normalized spacial score (nSPS) is 23.8. The fourth-order valence-corrected chi connectivity index (χ4v) is 2.61. The molecule has 2 nitrogen and oxygen atoms in total. The second-order valence-corrected chi connectivity index (χ2v) is 6.37. The first-order chi connectivity index (χ1) is 6.45. The average Bonchev–Trinajstić information content (AvgIpc) is 2.15. The van der Waals surface area contributed by atoms with Gasteiger partial charge in [0.25, 0.3) is 0 Å². The molecule has 0 saturated carbocycles. The van der Waals surface area contributed by atoms with Gasteiger partial charge in [0.2, 0.25) is 0 Å². The predicted octanol–water partition coefficient (Wildman–Crippen LogP) is 2.25. The van der Waals surface area contributed by atoms with Gasteiger partial charge in [-0.05, 0) is 52.6 Å². The third-order valence-electron chi connectivity index (χ3n) is 3.17. The standard InChI is InChI=1S/C11H22BrNO/c1-11(2,3)13-6-4-9(5-7-13)10(12)8-14/h9-10,14H,4-8H2,1-3H3. The fraction of sp³-hybridized carbons (Fsp3) is 1.00. The number of halogens is 1. The van der Waals surface area contributed by atoms with E-state index in [0.717, 1.165) is 13.1 Å². The quantitative estimate of drug-likeness (QED) is 0.773. The van der Waals surface area contributed by atoms with Crippen molar-refractivity contribution < 1.29 is 5.11 Å². The number of hydrogen-bond acceptors (Lipinski definition) is 2. The van der Waals surface area contributed by atoms with E-state index < -0.39 is 0 Å². The summed E-state index contributed by atoms with van der Waals surface area (Å²) in [5, 5.41) is 9.05. The van der Waals surface area contributed by atoms with Crippen LogP contribution in [-0.2, 0) is 0 Å². The molecule has 1 unspecified atom stereocenters. The molecule has 0 amide bonds. The van der Waals surface area contributed by atoms with Gasteiger partial charge in [0.1, 0.15) is 0 Å². The molecule has 1 saturated heterocycles. The molecule has 1 atom stereocenters. The van der Waals surface area contributed by atoms with E-state index in [9.17, 15) is 0 Å². The number of alkyl halides is 1.